The minimum Gasteiger partial charge on any atom is -0.355 e. The molecule has 1 atom stereocenters. The zero-order valence-corrected chi connectivity index (χ0v) is 10.9. The molecule has 1 fully saturated rings. The highest BCUT2D eigenvalue weighted by molar-refractivity contribution is 9.10. The first kappa shape index (κ1) is 12.5. The number of piperidine rings is 1. The van der Waals surface area contributed by atoms with Crippen LogP contribution in [0, 0.1) is 5.82 Å². The molecule has 2 N–H and O–H groups in total. The Balaban J connectivity index is 1.87. The van der Waals surface area contributed by atoms with E-state index in [-0.39, 0.29) is 11.7 Å². The second kappa shape index (κ2) is 5.60. The van der Waals surface area contributed by atoms with E-state index in [0.717, 1.165) is 16.5 Å². The van der Waals surface area contributed by atoms with Gasteiger partial charge in [-0.3, -0.25) is 4.79 Å². The van der Waals surface area contributed by atoms with Crippen LogP contribution >= 0.6 is 15.9 Å². The maximum Gasteiger partial charge on any atom is 0.220 e. The highest BCUT2D eigenvalue weighted by Crippen LogP contribution is 2.18. The van der Waals surface area contributed by atoms with Crippen molar-refractivity contribution in [3.8, 4) is 0 Å². The molecule has 1 unspecified atom stereocenters. The number of halogens is 2. The highest BCUT2D eigenvalue weighted by atomic mass is 79.9. The molecule has 5 heteroatoms. The third-order valence-corrected chi connectivity index (χ3v) is 3.60. The number of benzene rings is 1. The first-order valence-electron chi connectivity index (χ1n) is 5.59. The van der Waals surface area contributed by atoms with Crippen LogP contribution in [-0.2, 0) is 11.3 Å². The number of hydrogen-bond acceptors (Lipinski definition) is 2. The molecule has 2 rings (SSSR count). The molecule has 1 aliphatic rings. The van der Waals surface area contributed by atoms with Gasteiger partial charge in [-0.15, -0.1) is 0 Å². The van der Waals surface area contributed by atoms with Gasteiger partial charge in [-0.05, 0) is 24.1 Å². The van der Waals surface area contributed by atoms with Crippen LogP contribution < -0.4 is 10.6 Å². The summed E-state index contributed by atoms with van der Waals surface area (Å²) < 4.78 is 13.7. The lowest BCUT2D eigenvalue weighted by atomic mass is 10.1. The van der Waals surface area contributed by atoms with Gasteiger partial charge in [-0.2, -0.15) is 0 Å². The van der Waals surface area contributed by atoms with Crippen molar-refractivity contribution in [2.45, 2.75) is 25.4 Å². The average Bonchev–Trinajstić information content (AvgIpc) is 2.30. The van der Waals surface area contributed by atoms with E-state index in [2.05, 4.69) is 26.6 Å². The molecule has 17 heavy (non-hydrogen) atoms. The Labute approximate surface area is 108 Å². The summed E-state index contributed by atoms with van der Waals surface area (Å²) in [6, 6.07) is 4.96. The summed E-state index contributed by atoms with van der Waals surface area (Å²) in [5.74, 6) is -0.128. The topological polar surface area (TPSA) is 41.1 Å². The molecule has 1 aromatic rings. The van der Waals surface area contributed by atoms with Gasteiger partial charge < -0.3 is 10.6 Å². The Morgan fingerprint density at radius 3 is 3.00 bits per heavy atom. The SMILES string of the molecule is O=C1CCC(NCc2ccc(F)cc2Br)CN1. The van der Waals surface area contributed by atoms with E-state index in [0.29, 0.717) is 25.6 Å². The number of carbonyl (C=O) groups excluding carboxylic acids is 1. The van der Waals surface area contributed by atoms with Crippen molar-refractivity contribution in [1.82, 2.24) is 10.6 Å². The lowest BCUT2D eigenvalue weighted by Gasteiger charge is -2.23. The normalized spacial score (nSPS) is 20.1. The van der Waals surface area contributed by atoms with Gasteiger partial charge in [0.25, 0.3) is 0 Å². The Morgan fingerprint density at radius 2 is 2.35 bits per heavy atom. The van der Waals surface area contributed by atoms with E-state index >= 15 is 0 Å². The van der Waals surface area contributed by atoms with Gasteiger partial charge in [0, 0.05) is 30.0 Å². The fourth-order valence-corrected chi connectivity index (χ4v) is 2.32. The summed E-state index contributed by atoms with van der Waals surface area (Å²) in [7, 11) is 0. The molecular weight excluding hydrogens is 287 g/mol. The summed E-state index contributed by atoms with van der Waals surface area (Å²) in [6.45, 7) is 1.33. The van der Waals surface area contributed by atoms with Crippen LogP contribution in [0.25, 0.3) is 0 Å². The smallest absolute Gasteiger partial charge is 0.220 e. The van der Waals surface area contributed by atoms with Crippen molar-refractivity contribution in [2.75, 3.05) is 6.54 Å². The number of amides is 1. The predicted octanol–water partition coefficient (Wildman–Crippen LogP) is 1.96. The van der Waals surface area contributed by atoms with Crippen LogP contribution in [-0.4, -0.2) is 18.5 Å². The van der Waals surface area contributed by atoms with Crippen molar-refractivity contribution in [2.24, 2.45) is 0 Å². The van der Waals surface area contributed by atoms with Crippen LogP contribution in [0.3, 0.4) is 0 Å². The summed E-state index contributed by atoms with van der Waals surface area (Å²) in [5, 5.41) is 6.17. The summed E-state index contributed by atoms with van der Waals surface area (Å²) in [5.41, 5.74) is 1.02. The molecular formula is C12H14BrFN2O. The molecule has 1 aliphatic heterocycles. The Morgan fingerprint density at radius 1 is 1.53 bits per heavy atom. The third-order valence-electron chi connectivity index (χ3n) is 2.86. The van der Waals surface area contributed by atoms with Crippen molar-refractivity contribution < 1.29 is 9.18 Å². The second-order valence-electron chi connectivity index (χ2n) is 4.16. The molecule has 1 amide bonds. The fourth-order valence-electron chi connectivity index (χ4n) is 1.83. The minimum atomic E-state index is -0.245. The first-order chi connectivity index (χ1) is 8.15. The zero-order valence-electron chi connectivity index (χ0n) is 9.30. The quantitative estimate of drug-likeness (QED) is 0.896. The molecule has 0 aromatic heterocycles. The number of nitrogens with one attached hydrogen (secondary N) is 2. The van der Waals surface area contributed by atoms with E-state index in [1.54, 1.807) is 6.07 Å². The lowest BCUT2D eigenvalue weighted by Crippen LogP contribution is -2.45. The minimum absolute atomic E-state index is 0.117. The largest absolute Gasteiger partial charge is 0.355 e. The first-order valence-corrected chi connectivity index (χ1v) is 6.38. The summed E-state index contributed by atoms with van der Waals surface area (Å²) >= 11 is 3.33. The highest BCUT2D eigenvalue weighted by Gasteiger charge is 2.17. The third kappa shape index (κ3) is 3.51. The summed E-state index contributed by atoms with van der Waals surface area (Å²) in [6.07, 6.45) is 1.42. The van der Waals surface area contributed by atoms with E-state index in [4.69, 9.17) is 0 Å². The van der Waals surface area contributed by atoms with Gasteiger partial charge in [-0.1, -0.05) is 22.0 Å². The van der Waals surface area contributed by atoms with Gasteiger partial charge >= 0.3 is 0 Å². The Kier molecular flexibility index (Phi) is 4.12. The van der Waals surface area contributed by atoms with Gasteiger partial charge in [0.05, 0.1) is 0 Å². The molecule has 92 valence electrons. The molecule has 1 saturated heterocycles. The molecule has 0 spiro atoms. The van der Waals surface area contributed by atoms with Gasteiger partial charge in [0.2, 0.25) is 5.91 Å². The molecule has 0 aliphatic carbocycles. The number of hydrogen-bond donors (Lipinski definition) is 2. The second-order valence-corrected chi connectivity index (χ2v) is 5.01. The molecule has 3 nitrogen and oxygen atoms in total. The Bertz CT molecular complexity index is 415. The van der Waals surface area contributed by atoms with Gasteiger partial charge in [0.1, 0.15) is 5.82 Å². The van der Waals surface area contributed by atoms with Crippen LogP contribution in [0.2, 0.25) is 0 Å². The molecule has 1 heterocycles. The number of carbonyl (C=O) groups is 1. The van der Waals surface area contributed by atoms with Crippen molar-refractivity contribution in [1.29, 1.82) is 0 Å². The van der Waals surface area contributed by atoms with Gasteiger partial charge in [0.15, 0.2) is 0 Å². The standard InChI is InChI=1S/C12H14BrFN2O/c13-11-5-9(14)2-1-8(11)6-15-10-3-4-12(17)16-7-10/h1-2,5,10,15H,3-4,6-7H2,(H,16,17). The monoisotopic (exact) mass is 300 g/mol. The van der Waals surface area contributed by atoms with Crippen molar-refractivity contribution >= 4 is 21.8 Å². The molecule has 0 saturated carbocycles. The average molecular weight is 301 g/mol. The summed E-state index contributed by atoms with van der Waals surface area (Å²) in [4.78, 5) is 11.0. The fraction of sp³-hybridized carbons (Fsp3) is 0.417. The lowest BCUT2D eigenvalue weighted by molar-refractivity contribution is -0.122. The van der Waals surface area contributed by atoms with Crippen LogP contribution in [0.5, 0.6) is 0 Å². The predicted molar refractivity (Wildman–Crippen MR) is 67.0 cm³/mol. The molecule has 1 aromatic carbocycles. The number of rotatable bonds is 3. The van der Waals surface area contributed by atoms with E-state index in [1.165, 1.54) is 12.1 Å². The maximum absolute atomic E-state index is 12.9. The van der Waals surface area contributed by atoms with Crippen LogP contribution in [0.1, 0.15) is 18.4 Å². The van der Waals surface area contributed by atoms with Crippen molar-refractivity contribution in [3.63, 3.8) is 0 Å². The van der Waals surface area contributed by atoms with Crippen molar-refractivity contribution in [3.05, 3.63) is 34.1 Å². The van der Waals surface area contributed by atoms with E-state index < -0.39 is 0 Å². The van der Waals surface area contributed by atoms with E-state index in [1.807, 2.05) is 0 Å². The maximum atomic E-state index is 12.9. The molecule has 0 radical (unpaired) electrons. The van der Waals surface area contributed by atoms with E-state index in [9.17, 15) is 9.18 Å². The molecule has 0 bridgehead atoms. The Hall–Kier alpha value is -0.940. The zero-order chi connectivity index (χ0) is 12.3. The van der Waals surface area contributed by atoms with Crippen LogP contribution in [0.15, 0.2) is 22.7 Å². The van der Waals surface area contributed by atoms with Crippen LogP contribution in [0.4, 0.5) is 4.39 Å². The van der Waals surface area contributed by atoms with Gasteiger partial charge in [-0.25, -0.2) is 4.39 Å².